The van der Waals surface area contributed by atoms with Gasteiger partial charge in [0.2, 0.25) is 0 Å². The third kappa shape index (κ3) is 4.62. The first kappa shape index (κ1) is 16.1. The maximum Gasteiger partial charge on any atom is 0.252 e. The SMILES string of the molecule is O=C(NCCCN1CCCCC1)c1ccc(-c2cccs2)nc1. The topological polar surface area (TPSA) is 45.2 Å². The number of piperidine rings is 1. The van der Waals surface area contributed by atoms with Crippen LogP contribution < -0.4 is 5.32 Å². The van der Waals surface area contributed by atoms with Crippen molar-refractivity contribution in [1.29, 1.82) is 0 Å². The van der Waals surface area contributed by atoms with Crippen LogP contribution in [-0.4, -0.2) is 42.0 Å². The largest absolute Gasteiger partial charge is 0.352 e. The van der Waals surface area contributed by atoms with E-state index >= 15 is 0 Å². The number of hydrogen-bond donors (Lipinski definition) is 1. The van der Waals surface area contributed by atoms with Crippen molar-refractivity contribution in [2.45, 2.75) is 25.7 Å². The van der Waals surface area contributed by atoms with Gasteiger partial charge in [0.15, 0.2) is 0 Å². The number of nitrogens with one attached hydrogen (secondary N) is 1. The highest BCUT2D eigenvalue weighted by atomic mass is 32.1. The molecule has 0 unspecified atom stereocenters. The number of aromatic nitrogens is 1. The van der Waals surface area contributed by atoms with Crippen molar-refractivity contribution in [2.75, 3.05) is 26.2 Å². The lowest BCUT2D eigenvalue weighted by Crippen LogP contribution is -2.33. The lowest BCUT2D eigenvalue weighted by molar-refractivity contribution is 0.0951. The van der Waals surface area contributed by atoms with E-state index in [1.165, 1.54) is 32.4 Å². The Morgan fingerprint density at radius 1 is 1.22 bits per heavy atom. The Balaban J connectivity index is 1.43. The molecule has 0 atom stereocenters. The third-order valence-corrected chi connectivity index (χ3v) is 5.08. The summed E-state index contributed by atoms with van der Waals surface area (Å²) < 4.78 is 0. The summed E-state index contributed by atoms with van der Waals surface area (Å²) in [6.45, 7) is 4.22. The molecule has 1 aliphatic heterocycles. The van der Waals surface area contributed by atoms with Crippen molar-refractivity contribution in [3.8, 4) is 10.6 Å². The average molecular weight is 329 g/mol. The van der Waals surface area contributed by atoms with Crippen LogP contribution in [0.15, 0.2) is 35.8 Å². The Labute approximate surface area is 141 Å². The van der Waals surface area contributed by atoms with Gasteiger partial charge in [-0.1, -0.05) is 12.5 Å². The first-order valence-electron chi connectivity index (χ1n) is 8.33. The smallest absolute Gasteiger partial charge is 0.252 e. The van der Waals surface area contributed by atoms with Crippen LogP contribution in [0.1, 0.15) is 36.0 Å². The minimum atomic E-state index is -0.0335. The van der Waals surface area contributed by atoms with E-state index < -0.39 is 0 Å². The van der Waals surface area contributed by atoms with Gasteiger partial charge >= 0.3 is 0 Å². The molecule has 1 saturated heterocycles. The molecule has 1 aliphatic rings. The molecule has 3 rings (SSSR count). The van der Waals surface area contributed by atoms with Crippen molar-refractivity contribution in [2.24, 2.45) is 0 Å². The summed E-state index contributed by atoms with van der Waals surface area (Å²) in [4.78, 5) is 20.1. The Bertz CT molecular complexity index is 604. The van der Waals surface area contributed by atoms with Crippen molar-refractivity contribution < 1.29 is 4.79 Å². The predicted octanol–water partition coefficient (Wildman–Crippen LogP) is 3.42. The van der Waals surface area contributed by atoms with Crippen LogP contribution in [0.5, 0.6) is 0 Å². The minimum absolute atomic E-state index is 0.0335. The zero-order valence-corrected chi connectivity index (χ0v) is 14.1. The van der Waals surface area contributed by atoms with Gasteiger partial charge < -0.3 is 10.2 Å². The lowest BCUT2D eigenvalue weighted by atomic mass is 10.1. The summed E-state index contributed by atoms with van der Waals surface area (Å²) in [6.07, 6.45) is 6.66. The maximum atomic E-state index is 12.1. The van der Waals surface area contributed by atoms with Crippen LogP contribution in [0.4, 0.5) is 0 Å². The van der Waals surface area contributed by atoms with Crippen LogP contribution in [0.25, 0.3) is 10.6 Å². The zero-order valence-electron chi connectivity index (χ0n) is 13.3. The molecular weight excluding hydrogens is 306 g/mol. The Kier molecular flexibility index (Phi) is 5.77. The molecule has 1 fully saturated rings. The third-order valence-electron chi connectivity index (χ3n) is 4.18. The van der Waals surface area contributed by atoms with Crippen molar-refractivity contribution in [3.05, 3.63) is 41.4 Å². The number of likely N-dealkylation sites (tertiary alicyclic amines) is 1. The predicted molar refractivity (Wildman–Crippen MR) is 94.8 cm³/mol. The van der Waals surface area contributed by atoms with Crippen LogP contribution in [0.2, 0.25) is 0 Å². The summed E-state index contributed by atoms with van der Waals surface area (Å²) in [7, 11) is 0. The first-order chi connectivity index (χ1) is 11.3. The summed E-state index contributed by atoms with van der Waals surface area (Å²) in [5.74, 6) is -0.0335. The highest BCUT2D eigenvalue weighted by Crippen LogP contribution is 2.22. The normalized spacial score (nSPS) is 15.5. The molecule has 0 aromatic carbocycles. The molecule has 23 heavy (non-hydrogen) atoms. The van der Waals surface area contributed by atoms with E-state index in [0.717, 1.165) is 30.1 Å². The standard InChI is InChI=1S/C18H23N3OS/c22-18(19-9-5-12-21-10-2-1-3-11-21)15-7-8-16(20-14-15)17-6-4-13-23-17/h4,6-8,13-14H,1-3,5,9-12H2,(H,19,22). The Morgan fingerprint density at radius 3 is 2.78 bits per heavy atom. The van der Waals surface area contributed by atoms with E-state index in [4.69, 9.17) is 0 Å². The van der Waals surface area contributed by atoms with E-state index in [1.54, 1.807) is 17.5 Å². The molecular formula is C18H23N3OS. The quantitative estimate of drug-likeness (QED) is 0.826. The summed E-state index contributed by atoms with van der Waals surface area (Å²) in [5.41, 5.74) is 1.55. The van der Waals surface area contributed by atoms with Gasteiger partial charge in [0.05, 0.1) is 16.1 Å². The van der Waals surface area contributed by atoms with Gasteiger partial charge in [-0.2, -0.15) is 0 Å². The molecule has 2 aromatic heterocycles. The van der Waals surface area contributed by atoms with Crippen molar-refractivity contribution >= 4 is 17.2 Å². The number of carbonyl (C=O) groups is 1. The highest BCUT2D eigenvalue weighted by Gasteiger charge is 2.10. The van der Waals surface area contributed by atoms with E-state index in [0.29, 0.717) is 5.56 Å². The number of hydrogen-bond acceptors (Lipinski definition) is 4. The van der Waals surface area contributed by atoms with Crippen LogP contribution in [-0.2, 0) is 0 Å². The Hall–Kier alpha value is -1.72. The average Bonchev–Trinajstić information content (AvgIpc) is 3.14. The molecule has 0 aliphatic carbocycles. The fraction of sp³-hybridized carbons (Fsp3) is 0.444. The number of pyridine rings is 1. The van der Waals surface area contributed by atoms with E-state index in [-0.39, 0.29) is 5.91 Å². The summed E-state index contributed by atoms with van der Waals surface area (Å²) in [5, 5.41) is 5.02. The molecule has 1 N–H and O–H groups in total. The van der Waals surface area contributed by atoms with Crippen molar-refractivity contribution in [1.82, 2.24) is 15.2 Å². The molecule has 0 saturated carbocycles. The number of nitrogens with zero attached hydrogens (tertiary/aromatic N) is 2. The van der Waals surface area contributed by atoms with Gasteiger partial charge in [-0.25, -0.2) is 0 Å². The molecule has 5 heteroatoms. The van der Waals surface area contributed by atoms with Crippen LogP contribution in [0.3, 0.4) is 0 Å². The molecule has 0 radical (unpaired) electrons. The van der Waals surface area contributed by atoms with Gasteiger partial charge in [0.1, 0.15) is 0 Å². The maximum absolute atomic E-state index is 12.1. The Morgan fingerprint density at radius 2 is 2.09 bits per heavy atom. The van der Waals surface area contributed by atoms with Crippen molar-refractivity contribution in [3.63, 3.8) is 0 Å². The van der Waals surface area contributed by atoms with E-state index in [1.807, 2.05) is 29.6 Å². The number of thiophene rings is 1. The number of carbonyl (C=O) groups excluding carboxylic acids is 1. The second-order valence-electron chi connectivity index (χ2n) is 5.92. The summed E-state index contributed by atoms with van der Waals surface area (Å²) in [6, 6.07) is 7.80. The minimum Gasteiger partial charge on any atom is -0.352 e. The number of amides is 1. The molecule has 1 amide bonds. The molecule has 0 bridgehead atoms. The second-order valence-corrected chi connectivity index (χ2v) is 6.87. The second kappa shape index (κ2) is 8.22. The molecule has 122 valence electrons. The van der Waals surface area contributed by atoms with Gasteiger partial charge in [-0.05, 0) is 62.5 Å². The highest BCUT2D eigenvalue weighted by molar-refractivity contribution is 7.13. The van der Waals surface area contributed by atoms with E-state index in [2.05, 4.69) is 15.2 Å². The number of rotatable bonds is 6. The fourth-order valence-electron chi connectivity index (χ4n) is 2.89. The van der Waals surface area contributed by atoms with Gasteiger partial charge in [-0.3, -0.25) is 9.78 Å². The van der Waals surface area contributed by atoms with Crippen LogP contribution in [0, 0.1) is 0 Å². The van der Waals surface area contributed by atoms with E-state index in [9.17, 15) is 4.79 Å². The molecule has 3 heterocycles. The summed E-state index contributed by atoms with van der Waals surface area (Å²) >= 11 is 1.65. The van der Waals surface area contributed by atoms with Gasteiger partial charge in [0, 0.05) is 12.7 Å². The molecule has 0 spiro atoms. The van der Waals surface area contributed by atoms with Gasteiger partial charge in [-0.15, -0.1) is 11.3 Å². The molecule has 4 nitrogen and oxygen atoms in total. The monoisotopic (exact) mass is 329 g/mol. The van der Waals surface area contributed by atoms with Crippen LogP contribution >= 0.6 is 11.3 Å². The molecule has 2 aromatic rings. The first-order valence-corrected chi connectivity index (χ1v) is 9.21. The lowest BCUT2D eigenvalue weighted by Gasteiger charge is -2.26. The zero-order chi connectivity index (χ0) is 15.9. The fourth-order valence-corrected chi connectivity index (χ4v) is 3.59. The van der Waals surface area contributed by atoms with Gasteiger partial charge in [0.25, 0.3) is 5.91 Å².